The summed E-state index contributed by atoms with van der Waals surface area (Å²) in [6.45, 7) is 4.90. The highest BCUT2D eigenvalue weighted by molar-refractivity contribution is 7.54. The van der Waals surface area contributed by atoms with Gasteiger partial charge in [-0.25, -0.2) is 9.34 Å². The summed E-state index contributed by atoms with van der Waals surface area (Å²) in [6, 6.07) is -0.562. The number of carboxylic acid groups (broad SMARTS) is 2. The number of carbonyl (C=O) groups is 4. The van der Waals surface area contributed by atoms with Gasteiger partial charge in [-0.15, -0.1) is 0 Å². The van der Waals surface area contributed by atoms with Crippen molar-refractivity contribution in [1.29, 1.82) is 0 Å². The van der Waals surface area contributed by atoms with E-state index in [-0.39, 0.29) is 94.9 Å². The minimum atomic E-state index is -3.68. The summed E-state index contributed by atoms with van der Waals surface area (Å²) in [5, 5.41) is 17.9. The van der Waals surface area contributed by atoms with Crippen molar-refractivity contribution >= 4 is 47.1 Å². The lowest BCUT2D eigenvalue weighted by molar-refractivity contribution is -0.146. The standard InChI is InChI=1S/C24H43B2N4O11P/c1-2-38-15-18-12-30(14-20(26)41-18)42(37,29-9-7-27(8-10-29)21(31)3-5-23(33)34)39-16-17-11-28(13-19(25)40-17)22(32)4-6-24(35)36/h17-20H,2-16,25-26H2,1H3,(H,33,34)(H,35,36). The third-order valence-electron chi connectivity index (χ3n) is 7.35. The van der Waals surface area contributed by atoms with Crippen LogP contribution in [0.25, 0.3) is 0 Å². The van der Waals surface area contributed by atoms with Crippen molar-refractivity contribution in [3.05, 3.63) is 0 Å². The molecule has 3 heterocycles. The van der Waals surface area contributed by atoms with Gasteiger partial charge in [-0.3, -0.25) is 23.7 Å². The predicted molar refractivity (Wildman–Crippen MR) is 155 cm³/mol. The van der Waals surface area contributed by atoms with Gasteiger partial charge in [0.25, 0.3) is 0 Å². The van der Waals surface area contributed by atoms with Gasteiger partial charge in [0, 0.05) is 83.8 Å². The maximum atomic E-state index is 14.8. The highest BCUT2D eigenvalue weighted by Crippen LogP contribution is 2.55. The Labute approximate surface area is 248 Å². The number of hydrogen-bond donors (Lipinski definition) is 2. The molecule has 18 heteroatoms. The summed E-state index contributed by atoms with van der Waals surface area (Å²) in [5.74, 6) is -2.63. The van der Waals surface area contributed by atoms with Crippen LogP contribution in [0.1, 0.15) is 32.6 Å². The molecule has 0 bridgehead atoms. The summed E-state index contributed by atoms with van der Waals surface area (Å²) < 4.78 is 42.2. The van der Waals surface area contributed by atoms with Crippen LogP contribution in [0.2, 0.25) is 0 Å². The second-order valence-corrected chi connectivity index (χ2v) is 13.2. The van der Waals surface area contributed by atoms with Crippen molar-refractivity contribution in [2.45, 2.75) is 56.8 Å². The fourth-order valence-corrected chi connectivity index (χ4v) is 7.93. The molecule has 42 heavy (non-hydrogen) atoms. The van der Waals surface area contributed by atoms with Crippen LogP contribution in [0.4, 0.5) is 0 Å². The molecule has 3 aliphatic rings. The first-order valence-corrected chi connectivity index (χ1v) is 16.1. The largest absolute Gasteiger partial charge is 0.481 e. The number of amides is 2. The van der Waals surface area contributed by atoms with Crippen molar-refractivity contribution in [3.8, 4) is 0 Å². The quantitative estimate of drug-likeness (QED) is 0.160. The van der Waals surface area contributed by atoms with Crippen molar-refractivity contribution in [2.24, 2.45) is 0 Å². The van der Waals surface area contributed by atoms with Gasteiger partial charge in [0.2, 0.25) is 11.8 Å². The first-order valence-electron chi connectivity index (χ1n) is 14.5. The molecular formula is C24H43B2N4O11P. The van der Waals surface area contributed by atoms with Gasteiger partial charge < -0.3 is 38.7 Å². The smallest absolute Gasteiger partial charge is 0.346 e. The van der Waals surface area contributed by atoms with Crippen LogP contribution in [0, 0.1) is 0 Å². The molecule has 0 aromatic rings. The van der Waals surface area contributed by atoms with Crippen molar-refractivity contribution in [2.75, 3.05) is 72.2 Å². The Morgan fingerprint density at radius 1 is 0.762 bits per heavy atom. The number of nitrogens with zero attached hydrogens (tertiary/aromatic N) is 4. The number of morpholine rings is 2. The normalized spacial score (nSPS) is 27.4. The minimum Gasteiger partial charge on any atom is -0.481 e. The number of hydrogen-bond acceptors (Lipinski definition) is 9. The molecule has 5 atom stereocenters. The van der Waals surface area contributed by atoms with E-state index in [1.165, 1.54) is 0 Å². The summed E-state index contributed by atoms with van der Waals surface area (Å²) in [5.41, 5.74) is 0. The molecule has 0 spiro atoms. The van der Waals surface area contributed by atoms with Crippen LogP contribution in [0.3, 0.4) is 0 Å². The highest BCUT2D eigenvalue weighted by Gasteiger charge is 2.45. The van der Waals surface area contributed by atoms with Crippen LogP contribution in [-0.4, -0.2) is 165 Å². The summed E-state index contributed by atoms with van der Waals surface area (Å²) in [7, 11) is 0.0186. The van der Waals surface area contributed by atoms with E-state index in [0.717, 1.165) is 0 Å². The molecule has 3 fully saturated rings. The molecule has 0 aliphatic carbocycles. The van der Waals surface area contributed by atoms with Gasteiger partial charge in [0.1, 0.15) is 15.7 Å². The first-order chi connectivity index (χ1) is 19.9. The first kappa shape index (κ1) is 34.5. The fraction of sp³-hybridized carbons (Fsp3) is 0.833. The van der Waals surface area contributed by atoms with E-state index in [1.807, 2.05) is 22.6 Å². The molecule has 15 nitrogen and oxygen atoms in total. The molecule has 3 saturated heterocycles. The topological polar surface area (TPSA) is 176 Å². The van der Waals surface area contributed by atoms with Crippen LogP contribution in [0.5, 0.6) is 0 Å². The number of aliphatic carboxylic acids is 2. The fourth-order valence-electron chi connectivity index (χ4n) is 5.37. The van der Waals surface area contributed by atoms with Crippen LogP contribution >= 0.6 is 7.67 Å². The minimum absolute atomic E-state index is 0.0655. The van der Waals surface area contributed by atoms with Crippen molar-refractivity contribution in [3.63, 3.8) is 0 Å². The van der Waals surface area contributed by atoms with E-state index in [4.69, 9.17) is 28.9 Å². The zero-order valence-electron chi connectivity index (χ0n) is 24.7. The molecule has 0 aromatic carbocycles. The van der Waals surface area contributed by atoms with Crippen molar-refractivity contribution in [1.82, 2.24) is 19.1 Å². The van der Waals surface area contributed by atoms with E-state index in [2.05, 4.69) is 0 Å². The van der Waals surface area contributed by atoms with Gasteiger partial charge in [-0.1, -0.05) is 0 Å². The summed E-state index contributed by atoms with van der Waals surface area (Å²) >= 11 is 0. The van der Waals surface area contributed by atoms with E-state index in [1.54, 1.807) is 19.1 Å². The second kappa shape index (κ2) is 16.2. The SMILES string of the molecule is BC1CN(C(=O)CCC(=O)O)CC(COP(=O)(N2CCN(C(=O)CCC(=O)O)CC2)N2CC(B)OC(COCC)C2)O1. The Morgan fingerprint density at radius 3 is 1.88 bits per heavy atom. The Hall–Kier alpha value is -2.00. The molecule has 2 N–H and O–H groups in total. The summed E-state index contributed by atoms with van der Waals surface area (Å²) in [4.78, 5) is 50.1. The van der Waals surface area contributed by atoms with Gasteiger partial charge >= 0.3 is 19.6 Å². The Morgan fingerprint density at radius 2 is 1.31 bits per heavy atom. The average Bonchev–Trinajstić information content (AvgIpc) is 2.95. The Kier molecular flexibility index (Phi) is 13.3. The number of piperazine rings is 1. The number of carboxylic acids is 2. The van der Waals surface area contributed by atoms with E-state index < -0.39 is 25.7 Å². The molecule has 0 aromatic heterocycles. The number of carbonyl (C=O) groups excluding carboxylic acids is 2. The Bertz CT molecular complexity index is 1000. The van der Waals surface area contributed by atoms with Gasteiger partial charge in [0.15, 0.2) is 0 Å². The molecule has 0 radical (unpaired) electrons. The van der Waals surface area contributed by atoms with Gasteiger partial charge in [0.05, 0.1) is 38.3 Å². The lowest BCUT2D eigenvalue weighted by atomic mass is 9.97. The Balaban J connectivity index is 1.72. The molecule has 5 unspecified atom stereocenters. The maximum Gasteiger partial charge on any atom is 0.346 e. The highest BCUT2D eigenvalue weighted by atomic mass is 31.2. The predicted octanol–water partition coefficient (Wildman–Crippen LogP) is -2.13. The zero-order valence-corrected chi connectivity index (χ0v) is 25.6. The molecule has 2 amide bonds. The second-order valence-electron chi connectivity index (χ2n) is 10.9. The van der Waals surface area contributed by atoms with E-state index >= 15 is 0 Å². The third kappa shape index (κ3) is 10.0. The van der Waals surface area contributed by atoms with Gasteiger partial charge in [-0.05, 0) is 6.92 Å². The lowest BCUT2D eigenvalue weighted by Crippen LogP contribution is -2.54. The molecule has 3 rings (SSSR count). The number of ether oxygens (including phenoxy) is 3. The molecule has 3 aliphatic heterocycles. The van der Waals surface area contributed by atoms with Crippen LogP contribution in [0.15, 0.2) is 0 Å². The monoisotopic (exact) mass is 616 g/mol. The summed E-state index contributed by atoms with van der Waals surface area (Å²) in [6.07, 6.45) is -1.61. The number of rotatable bonds is 14. The van der Waals surface area contributed by atoms with Gasteiger partial charge in [-0.2, -0.15) is 0 Å². The molecule has 0 saturated carbocycles. The van der Waals surface area contributed by atoms with Crippen molar-refractivity contribution < 1.29 is 52.7 Å². The van der Waals surface area contributed by atoms with E-state index in [9.17, 15) is 23.7 Å². The average molecular weight is 616 g/mol. The molecular weight excluding hydrogens is 573 g/mol. The van der Waals surface area contributed by atoms with E-state index in [0.29, 0.717) is 32.8 Å². The molecule has 236 valence electrons. The van der Waals surface area contributed by atoms with Crippen LogP contribution in [-0.2, 0) is 42.5 Å². The van der Waals surface area contributed by atoms with Crippen LogP contribution < -0.4 is 0 Å². The lowest BCUT2D eigenvalue weighted by Gasteiger charge is -2.46. The third-order valence-corrected chi connectivity index (χ3v) is 9.99. The maximum absolute atomic E-state index is 14.8. The zero-order chi connectivity index (χ0) is 30.9.